The third-order valence-electron chi connectivity index (χ3n) is 1.82. The van der Waals surface area contributed by atoms with Crippen LogP contribution in [0.2, 0.25) is 0 Å². The molecule has 0 spiro atoms. The Morgan fingerprint density at radius 3 is 3.06 bits per heavy atom. The number of nitrogens with one attached hydrogen (secondary N) is 1. The van der Waals surface area contributed by atoms with Crippen molar-refractivity contribution in [3.8, 4) is 0 Å². The summed E-state index contributed by atoms with van der Waals surface area (Å²) in [4.78, 5) is 15.5. The first-order valence-corrected chi connectivity index (χ1v) is 5.77. The van der Waals surface area contributed by atoms with E-state index < -0.39 is 6.10 Å². The lowest BCUT2D eigenvalue weighted by molar-refractivity contribution is 0.0609. The molecule has 0 saturated heterocycles. The van der Waals surface area contributed by atoms with Crippen LogP contribution < -0.4 is 5.32 Å². The van der Waals surface area contributed by atoms with Gasteiger partial charge in [-0.2, -0.15) is 0 Å². The van der Waals surface area contributed by atoms with Crippen LogP contribution in [0.4, 0.5) is 0 Å². The summed E-state index contributed by atoms with van der Waals surface area (Å²) in [6, 6.07) is 1.73. The van der Waals surface area contributed by atoms with E-state index in [0.29, 0.717) is 5.56 Å². The highest BCUT2D eigenvalue weighted by atomic mass is 127. The Bertz CT molecular complexity index is 360. The van der Waals surface area contributed by atoms with Gasteiger partial charge in [0.25, 0.3) is 5.91 Å². The van der Waals surface area contributed by atoms with Crippen molar-refractivity contribution in [1.29, 1.82) is 0 Å². The number of hydrogen-bond acceptors (Lipinski definition) is 4. The molecule has 1 unspecified atom stereocenters. The van der Waals surface area contributed by atoms with Crippen LogP contribution in [-0.4, -0.2) is 42.4 Å². The molecule has 1 aromatic heterocycles. The van der Waals surface area contributed by atoms with Gasteiger partial charge >= 0.3 is 0 Å². The standard InChI is InChI=1S/C10H13IN2O3/c1-16-6-9(14)5-13-10(15)7-2-8(11)4-12-3-7/h2-4,9,14H,5-6H2,1H3,(H,13,15). The third-order valence-corrected chi connectivity index (χ3v) is 2.41. The zero-order valence-corrected chi connectivity index (χ0v) is 11.0. The number of aromatic nitrogens is 1. The molecule has 88 valence electrons. The number of aliphatic hydroxyl groups excluding tert-OH is 1. The predicted octanol–water partition coefficient (Wildman–Crippen LogP) is 0.423. The molecule has 1 aromatic rings. The average molecular weight is 336 g/mol. The molecule has 1 rings (SSSR count). The normalized spacial score (nSPS) is 12.2. The van der Waals surface area contributed by atoms with Crippen molar-refractivity contribution in [1.82, 2.24) is 10.3 Å². The number of halogens is 1. The van der Waals surface area contributed by atoms with Crippen LogP contribution in [0.1, 0.15) is 10.4 Å². The summed E-state index contributed by atoms with van der Waals surface area (Å²) in [6.07, 6.45) is 2.46. The first-order valence-electron chi connectivity index (χ1n) is 4.69. The van der Waals surface area contributed by atoms with Crippen molar-refractivity contribution < 1.29 is 14.6 Å². The average Bonchev–Trinajstić information content (AvgIpc) is 2.26. The molecule has 0 aliphatic heterocycles. The maximum absolute atomic E-state index is 11.6. The van der Waals surface area contributed by atoms with Gasteiger partial charge in [0.2, 0.25) is 0 Å². The highest BCUT2D eigenvalue weighted by Crippen LogP contribution is 2.05. The van der Waals surface area contributed by atoms with Crippen LogP contribution in [-0.2, 0) is 4.74 Å². The fourth-order valence-electron chi connectivity index (χ4n) is 1.10. The summed E-state index contributed by atoms with van der Waals surface area (Å²) in [6.45, 7) is 0.364. The van der Waals surface area contributed by atoms with Crippen molar-refractivity contribution in [3.63, 3.8) is 0 Å². The van der Waals surface area contributed by atoms with Gasteiger partial charge in [-0.15, -0.1) is 0 Å². The number of ether oxygens (including phenoxy) is 1. The second-order valence-corrected chi connectivity index (χ2v) is 4.46. The quantitative estimate of drug-likeness (QED) is 0.765. The number of carbonyl (C=O) groups is 1. The molecular weight excluding hydrogens is 323 g/mol. The minimum atomic E-state index is -0.690. The van der Waals surface area contributed by atoms with Crippen LogP contribution in [0.5, 0.6) is 0 Å². The van der Waals surface area contributed by atoms with E-state index in [9.17, 15) is 9.90 Å². The van der Waals surface area contributed by atoms with Gasteiger partial charge in [0.15, 0.2) is 0 Å². The molecule has 1 amide bonds. The Morgan fingerprint density at radius 2 is 2.44 bits per heavy atom. The van der Waals surface area contributed by atoms with Crippen molar-refractivity contribution in [2.45, 2.75) is 6.10 Å². The number of rotatable bonds is 5. The molecule has 1 atom stereocenters. The second-order valence-electron chi connectivity index (χ2n) is 3.21. The number of methoxy groups -OCH3 is 1. The molecular formula is C10H13IN2O3. The van der Waals surface area contributed by atoms with Crippen LogP contribution in [0, 0.1) is 3.57 Å². The Labute approximate surface area is 107 Å². The molecule has 0 aliphatic carbocycles. The first-order chi connectivity index (χ1) is 7.63. The third kappa shape index (κ3) is 4.42. The van der Waals surface area contributed by atoms with E-state index in [0.717, 1.165) is 3.57 Å². The lowest BCUT2D eigenvalue weighted by atomic mass is 10.2. The summed E-state index contributed by atoms with van der Waals surface area (Å²) in [5.41, 5.74) is 0.483. The van der Waals surface area contributed by atoms with Gasteiger partial charge in [0, 0.05) is 29.6 Å². The second kappa shape index (κ2) is 6.77. The molecule has 0 aliphatic rings. The Kier molecular flexibility index (Phi) is 5.64. The van der Waals surface area contributed by atoms with Gasteiger partial charge < -0.3 is 15.2 Å². The summed E-state index contributed by atoms with van der Waals surface area (Å²) < 4.78 is 5.64. The highest BCUT2D eigenvalue weighted by molar-refractivity contribution is 14.1. The monoisotopic (exact) mass is 336 g/mol. The number of hydrogen-bond donors (Lipinski definition) is 2. The van der Waals surface area contributed by atoms with E-state index in [4.69, 9.17) is 4.74 Å². The van der Waals surface area contributed by atoms with E-state index >= 15 is 0 Å². The molecule has 6 heteroatoms. The lowest BCUT2D eigenvalue weighted by Crippen LogP contribution is -2.34. The first kappa shape index (κ1) is 13.3. The Hall–Kier alpha value is -0.730. The Balaban J connectivity index is 2.47. The van der Waals surface area contributed by atoms with E-state index in [2.05, 4.69) is 32.9 Å². The van der Waals surface area contributed by atoms with E-state index in [1.54, 1.807) is 12.3 Å². The molecule has 0 radical (unpaired) electrons. The SMILES string of the molecule is COCC(O)CNC(=O)c1cncc(I)c1. The van der Waals surface area contributed by atoms with Crippen LogP contribution in [0.3, 0.4) is 0 Å². The smallest absolute Gasteiger partial charge is 0.252 e. The van der Waals surface area contributed by atoms with Gasteiger partial charge in [0.05, 0.1) is 18.3 Å². The van der Waals surface area contributed by atoms with Gasteiger partial charge in [0.1, 0.15) is 0 Å². The maximum Gasteiger partial charge on any atom is 0.252 e. The maximum atomic E-state index is 11.6. The summed E-state index contributed by atoms with van der Waals surface area (Å²) >= 11 is 2.08. The Morgan fingerprint density at radius 1 is 1.69 bits per heavy atom. The zero-order valence-electron chi connectivity index (χ0n) is 8.81. The molecule has 0 bridgehead atoms. The lowest BCUT2D eigenvalue weighted by Gasteiger charge is -2.10. The minimum absolute atomic E-state index is 0.165. The molecule has 0 saturated carbocycles. The zero-order chi connectivity index (χ0) is 12.0. The molecule has 5 nitrogen and oxygen atoms in total. The number of amides is 1. The minimum Gasteiger partial charge on any atom is -0.389 e. The molecule has 16 heavy (non-hydrogen) atoms. The number of nitrogens with zero attached hydrogens (tertiary/aromatic N) is 1. The summed E-state index contributed by atoms with van der Waals surface area (Å²) in [5.74, 6) is -0.249. The van der Waals surface area contributed by atoms with Crippen molar-refractivity contribution in [3.05, 3.63) is 27.6 Å². The molecule has 0 aromatic carbocycles. The van der Waals surface area contributed by atoms with Crippen molar-refractivity contribution in [2.24, 2.45) is 0 Å². The van der Waals surface area contributed by atoms with Crippen molar-refractivity contribution >= 4 is 28.5 Å². The number of aliphatic hydroxyl groups is 1. The molecule has 0 fully saturated rings. The van der Waals surface area contributed by atoms with Gasteiger partial charge in [-0.3, -0.25) is 9.78 Å². The largest absolute Gasteiger partial charge is 0.389 e. The van der Waals surface area contributed by atoms with Crippen LogP contribution in [0.25, 0.3) is 0 Å². The number of pyridine rings is 1. The fourth-order valence-corrected chi connectivity index (χ4v) is 1.60. The molecule has 1 heterocycles. The fraction of sp³-hybridized carbons (Fsp3) is 0.400. The molecule has 2 N–H and O–H groups in total. The van der Waals surface area contributed by atoms with E-state index in [1.807, 2.05) is 0 Å². The van der Waals surface area contributed by atoms with Crippen LogP contribution >= 0.6 is 22.6 Å². The van der Waals surface area contributed by atoms with Crippen LogP contribution in [0.15, 0.2) is 18.5 Å². The summed E-state index contributed by atoms with van der Waals surface area (Å²) in [7, 11) is 1.49. The van der Waals surface area contributed by atoms with E-state index in [1.165, 1.54) is 13.3 Å². The van der Waals surface area contributed by atoms with Gasteiger partial charge in [-0.05, 0) is 28.7 Å². The van der Waals surface area contributed by atoms with Gasteiger partial charge in [-0.1, -0.05) is 0 Å². The number of carbonyl (C=O) groups excluding carboxylic acids is 1. The highest BCUT2D eigenvalue weighted by Gasteiger charge is 2.09. The predicted molar refractivity (Wildman–Crippen MR) is 67.2 cm³/mol. The van der Waals surface area contributed by atoms with Crippen molar-refractivity contribution in [2.75, 3.05) is 20.3 Å². The topological polar surface area (TPSA) is 71.5 Å². The van der Waals surface area contributed by atoms with E-state index in [-0.39, 0.29) is 19.1 Å². The van der Waals surface area contributed by atoms with Gasteiger partial charge in [-0.25, -0.2) is 0 Å². The summed E-state index contributed by atoms with van der Waals surface area (Å²) in [5, 5.41) is 11.9.